The molecule has 1 aliphatic rings. The third kappa shape index (κ3) is 3.48. The number of carbonyl (C=O) groups excluding carboxylic acids is 3. The van der Waals surface area contributed by atoms with Crippen LogP contribution in [-0.4, -0.2) is 27.7 Å². The number of nitrogens with one attached hydrogen (secondary N) is 1. The van der Waals surface area contributed by atoms with Crippen molar-refractivity contribution in [3.63, 3.8) is 0 Å². The molecule has 2 heterocycles. The second-order valence-corrected chi connectivity index (χ2v) is 7.85. The van der Waals surface area contributed by atoms with E-state index in [-0.39, 0.29) is 16.1 Å². The van der Waals surface area contributed by atoms with Gasteiger partial charge in [-0.1, -0.05) is 33.6 Å². The first-order chi connectivity index (χ1) is 14.3. The first-order valence-electron chi connectivity index (χ1n) is 8.68. The molecule has 2 aromatic carbocycles. The molecule has 0 unspecified atom stereocenters. The molecule has 0 saturated carbocycles. The number of carbonyl (C=O) groups is 3. The van der Waals surface area contributed by atoms with Gasteiger partial charge < -0.3 is 0 Å². The Bertz CT molecular complexity index is 1290. The largest absolute Gasteiger partial charge is 0.282 e. The number of amides is 3. The molecule has 0 radical (unpaired) electrons. The van der Waals surface area contributed by atoms with E-state index in [2.05, 4.69) is 26.3 Å². The van der Waals surface area contributed by atoms with Crippen LogP contribution in [-0.2, 0) is 4.79 Å². The molecule has 0 bridgehead atoms. The summed E-state index contributed by atoms with van der Waals surface area (Å²) in [7, 11) is 0. The highest BCUT2D eigenvalue weighted by Crippen LogP contribution is 2.32. The fourth-order valence-corrected chi connectivity index (χ4v) is 3.80. The standard InChI is InChI=1S/C21H12BrClFN3O3/c1-10-18-19(14-8-12(22)4-6-16(14)25-10)21(30)27(20(18)29)26-17(28)7-3-11-2-5-13(24)9-15(11)23/h2-9H,1H3,(H,26,28). The molecule has 0 saturated heterocycles. The fraction of sp³-hybridized carbons (Fsp3) is 0.0476. The maximum Gasteiger partial charge on any atom is 0.282 e. The van der Waals surface area contributed by atoms with Crippen LogP contribution in [0.5, 0.6) is 0 Å². The Morgan fingerprint density at radius 1 is 1.17 bits per heavy atom. The lowest BCUT2D eigenvalue weighted by Crippen LogP contribution is -2.45. The summed E-state index contributed by atoms with van der Waals surface area (Å²) in [5.74, 6) is -2.54. The third-order valence-corrected chi connectivity index (χ3v) is 5.38. The van der Waals surface area contributed by atoms with Crippen molar-refractivity contribution in [3.8, 4) is 0 Å². The third-order valence-electron chi connectivity index (χ3n) is 4.56. The first kappa shape index (κ1) is 20.2. The van der Waals surface area contributed by atoms with Crippen molar-refractivity contribution >= 4 is 62.2 Å². The minimum atomic E-state index is -0.721. The smallest absolute Gasteiger partial charge is 0.268 e. The summed E-state index contributed by atoms with van der Waals surface area (Å²) in [5, 5.41) is 1.30. The van der Waals surface area contributed by atoms with Crippen molar-refractivity contribution in [1.82, 2.24) is 15.4 Å². The van der Waals surface area contributed by atoms with Gasteiger partial charge in [0.05, 0.1) is 27.4 Å². The number of hydrogen-bond donors (Lipinski definition) is 1. The van der Waals surface area contributed by atoms with Crippen LogP contribution >= 0.6 is 27.5 Å². The second kappa shape index (κ2) is 7.62. The van der Waals surface area contributed by atoms with Crippen molar-refractivity contribution in [3.05, 3.63) is 80.2 Å². The van der Waals surface area contributed by atoms with Gasteiger partial charge in [0.15, 0.2) is 0 Å². The predicted molar refractivity (Wildman–Crippen MR) is 113 cm³/mol. The molecular formula is C21H12BrClFN3O3. The van der Waals surface area contributed by atoms with Crippen LogP contribution in [0.3, 0.4) is 0 Å². The van der Waals surface area contributed by atoms with Crippen LogP contribution < -0.4 is 5.43 Å². The highest BCUT2D eigenvalue weighted by atomic mass is 79.9. The maximum absolute atomic E-state index is 13.1. The van der Waals surface area contributed by atoms with Gasteiger partial charge in [-0.05, 0) is 48.9 Å². The average Bonchev–Trinajstić information content (AvgIpc) is 2.93. The van der Waals surface area contributed by atoms with Crippen LogP contribution in [0.4, 0.5) is 4.39 Å². The van der Waals surface area contributed by atoms with E-state index in [1.165, 1.54) is 18.2 Å². The van der Waals surface area contributed by atoms with Gasteiger partial charge in [-0.2, -0.15) is 5.01 Å². The number of hydrazine groups is 1. The van der Waals surface area contributed by atoms with E-state index < -0.39 is 23.5 Å². The van der Waals surface area contributed by atoms with Crippen molar-refractivity contribution in [2.75, 3.05) is 0 Å². The summed E-state index contributed by atoms with van der Waals surface area (Å²) in [4.78, 5) is 42.5. The Morgan fingerprint density at radius 2 is 1.90 bits per heavy atom. The number of pyridine rings is 1. The quantitative estimate of drug-likeness (QED) is 0.437. The minimum absolute atomic E-state index is 0.124. The number of imide groups is 1. The Hall–Kier alpha value is -3.10. The minimum Gasteiger partial charge on any atom is -0.268 e. The number of hydrogen-bond acceptors (Lipinski definition) is 4. The number of aromatic nitrogens is 1. The second-order valence-electron chi connectivity index (χ2n) is 6.53. The lowest BCUT2D eigenvalue weighted by molar-refractivity contribution is -0.119. The Kier molecular flexibility index (Phi) is 5.13. The summed E-state index contributed by atoms with van der Waals surface area (Å²) < 4.78 is 13.9. The zero-order valence-corrected chi connectivity index (χ0v) is 17.7. The van der Waals surface area contributed by atoms with Crippen LogP contribution in [0.1, 0.15) is 32.0 Å². The number of aryl methyl sites for hydroxylation is 1. The number of halogens is 3. The summed E-state index contributed by atoms with van der Waals surface area (Å²) >= 11 is 9.28. The number of nitrogens with zero attached hydrogens (tertiary/aromatic N) is 2. The van der Waals surface area contributed by atoms with Gasteiger partial charge in [-0.15, -0.1) is 0 Å². The van der Waals surface area contributed by atoms with Crippen LogP contribution in [0.25, 0.3) is 17.0 Å². The van der Waals surface area contributed by atoms with Crippen molar-refractivity contribution < 1.29 is 18.8 Å². The zero-order chi connectivity index (χ0) is 21.6. The molecular weight excluding hydrogens is 477 g/mol. The van der Waals surface area contributed by atoms with Crippen molar-refractivity contribution in [2.24, 2.45) is 0 Å². The van der Waals surface area contributed by atoms with Gasteiger partial charge >= 0.3 is 0 Å². The average molecular weight is 489 g/mol. The molecule has 0 atom stereocenters. The molecule has 150 valence electrons. The SMILES string of the molecule is Cc1nc2ccc(Br)cc2c2c1C(=O)N(NC(=O)C=Cc1ccc(F)cc1Cl)C2=O. The Labute approximate surface area is 183 Å². The van der Waals surface area contributed by atoms with E-state index in [4.69, 9.17) is 11.6 Å². The predicted octanol–water partition coefficient (Wildman–Crippen LogP) is 4.44. The fourth-order valence-electron chi connectivity index (χ4n) is 3.21. The normalized spacial score (nSPS) is 13.4. The summed E-state index contributed by atoms with van der Waals surface area (Å²) in [6, 6.07) is 8.94. The molecule has 1 aromatic heterocycles. The van der Waals surface area contributed by atoms with Gasteiger partial charge in [0.25, 0.3) is 17.7 Å². The topological polar surface area (TPSA) is 79.4 Å². The number of benzene rings is 2. The molecule has 3 amide bonds. The molecule has 0 aliphatic carbocycles. The highest BCUT2D eigenvalue weighted by molar-refractivity contribution is 9.10. The molecule has 0 spiro atoms. The maximum atomic E-state index is 13.1. The number of fused-ring (bicyclic) bond motifs is 3. The lowest BCUT2D eigenvalue weighted by atomic mass is 10.0. The van der Waals surface area contributed by atoms with Gasteiger partial charge in [0.2, 0.25) is 0 Å². The Morgan fingerprint density at radius 3 is 2.63 bits per heavy atom. The van der Waals surface area contributed by atoms with E-state index in [0.717, 1.165) is 16.6 Å². The molecule has 1 aliphatic heterocycles. The zero-order valence-electron chi connectivity index (χ0n) is 15.4. The molecule has 6 nitrogen and oxygen atoms in total. The van der Waals surface area contributed by atoms with Crippen LogP contribution in [0.2, 0.25) is 5.02 Å². The van der Waals surface area contributed by atoms with Gasteiger partial charge in [0, 0.05) is 15.9 Å². The van der Waals surface area contributed by atoms with E-state index in [1.807, 2.05) is 0 Å². The van der Waals surface area contributed by atoms with Gasteiger partial charge in [0.1, 0.15) is 5.82 Å². The monoisotopic (exact) mass is 487 g/mol. The summed E-state index contributed by atoms with van der Waals surface area (Å²) in [5.41, 5.74) is 3.99. The molecule has 4 rings (SSSR count). The summed E-state index contributed by atoms with van der Waals surface area (Å²) in [6.45, 7) is 1.63. The van der Waals surface area contributed by atoms with Crippen molar-refractivity contribution in [2.45, 2.75) is 6.92 Å². The number of rotatable bonds is 3. The van der Waals surface area contributed by atoms with Crippen molar-refractivity contribution in [1.29, 1.82) is 0 Å². The highest BCUT2D eigenvalue weighted by Gasteiger charge is 2.40. The summed E-state index contributed by atoms with van der Waals surface area (Å²) in [6.07, 6.45) is 2.46. The van der Waals surface area contributed by atoms with E-state index in [1.54, 1.807) is 25.1 Å². The van der Waals surface area contributed by atoms with E-state index in [9.17, 15) is 18.8 Å². The van der Waals surface area contributed by atoms with Gasteiger partial charge in [-0.25, -0.2) is 4.39 Å². The Balaban J connectivity index is 1.63. The van der Waals surface area contributed by atoms with Crippen LogP contribution in [0.15, 0.2) is 46.9 Å². The molecule has 3 aromatic rings. The molecule has 1 N–H and O–H groups in total. The molecule has 30 heavy (non-hydrogen) atoms. The van der Waals surface area contributed by atoms with E-state index >= 15 is 0 Å². The molecule has 9 heteroatoms. The van der Waals surface area contributed by atoms with Crippen LogP contribution in [0, 0.1) is 12.7 Å². The van der Waals surface area contributed by atoms with Gasteiger partial charge in [-0.3, -0.25) is 24.8 Å². The van der Waals surface area contributed by atoms with E-state index in [0.29, 0.717) is 27.2 Å². The first-order valence-corrected chi connectivity index (χ1v) is 9.86. The lowest BCUT2D eigenvalue weighted by Gasteiger charge is -2.13. The molecule has 0 fully saturated rings.